The van der Waals surface area contributed by atoms with Crippen LogP contribution in [0.2, 0.25) is 0 Å². The van der Waals surface area contributed by atoms with Gasteiger partial charge in [-0.05, 0) is 128 Å². The first-order chi connectivity index (χ1) is 50.8. The monoisotopic (exact) mass is 1450 g/mol. The van der Waals surface area contributed by atoms with E-state index in [1.807, 2.05) is 0 Å². The molecule has 0 aliphatic rings. The molecule has 0 saturated carbocycles. The zero-order chi connectivity index (χ0) is 74.3. The molecule has 103 heavy (non-hydrogen) atoms. The summed E-state index contributed by atoms with van der Waals surface area (Å²) in [4.78, 5) is 35.5. The lowest BCUT2D eigenvalue weighted by molar-refractivity contribution is -0.161. The minimum Gasteiger partial charge on any atom is -0.462 e. The van der Waals surface area contributed by atoms with Gasteiger partial charge in [-0.2, -0.15) is 0 Å². The van der Waals surface area contributed by atoms with Crippen LogP contribution in [0, 0.1) is 0 Å². The Balaban J connectivity index is 3.81. The van der Waals surface area contributed by atoms with Gasteiger partial charge in [0.2, 0.25) is 0 Å². The summed E-state index contributed by atoms with van der Waals surface area (Å²) in [6, 6.07) is 0. The van der Waals surface area contributed by atoms with Gasteiger partial charge in [0.05, 0.1) is 13.2 Å². The molecule has 0 aliphatic heterocycles. The molecule has 9 nitrogen and oxygen atoms in total. The first kappa shape index (κ1) is 98.4. The zero-order valence-corrected chi connectivity index (χ0v) is 67.4. The molecule has 3 N–H and O–H groups in total. The van der Waals surface area contributed by atoms with E-state index in [2.05, 4.69) is 184 Å². The van der Waals surface area contributed by atoms with Crippen molar-refractivity contribution in [3.8, 4) is 0 Å². The summed E-state index contributed by atoms with van der Waals surface area (Å²) in [7, 11) is -4.41. The van der Waals surface area contributed by atoms with E-state index in [9.17, 15) is 19.0 Å². The van der Waals surface area contributed by atoms with Gasteiger partial charge in [-0.3, -0.25) is 18.6 Å². The fourth-order valence-corrected chi connectivity index (χ4v) is 12.7. The number of hydrogen-bond acceptors (Lipinski definition) is 8. The van der Waals surface area contributed by atoms with Gasteiger partial charge >= 0.3 is 19.8 Å². The second-order valence-corrected chi connectivity index (χ2v) is 29.4. The average Bonchev–Trinajstić information content (AvgIpc) is 0.970. The highest BCUT2D eigenvalue weighted by Gasteiger charge is 2.26. The van der Waals surface area contributed by atoms with Crippen LogP contribution in [-0.2, 0) is 32.7 Å². The molecule has 0 bridgehead atoms. The molecule has 0 radical (unpaired) electrons. The number of phosphoric acid groups is 1. The van der Waals surface area contributed by atoms with Crippen LogP contribution in [0.4, 0.5) is 0 Å². The van der Waals surface area contributed by atoms with Crippen LogP contribution in [0.25, 0.3) is 0 Å². The Labute approximate surface area is 635 Å². The van der Waals surface area contributed by atoms with E-state index >= 15 is 0 Å². The highest BCUT2D eigenvalue weighted by atomic mass is 31.2. The Morgan fingerprint density at radius 3 is 0.748 bits per heavy atom. The summed E-state index contributed by atoms with van der Waals surface area (Å²) in [6.45, 7) is 3.55. The Morgan fingerprint density at radius 1 is 0.291 bits per heavy atom. The summed E-state index contributed by atoms with van der Waals surface area (Å²) < 4.78 is 33.3. The second-order valence-electron chi connectivity index (χ2n) is 27.9. The molecular formula is C93H158NO8P. The van der Waals surface area contributed by atoms with Gasteiger partial charge in [-0.15, -0.1) is 0 Å². The fourth-order valence-electron chi connectivity index (χ4n) is 11.9. The van der Waals surface area contributed by atoms with E-state index in [-0.39, 0.29) is 38.6 Å². The van der Waals surface area contributed by atoms with E-state index in [1.54, 1.807) is 0 Å². The molecule has 0 heterocycles. The quantitative estimate of drug-likeness (QED) is 0.0264. The molecule has 2 atom stereocenters. The maximum Gasteiger partial charge on any atom is 0.472 e. The number of nitrogens with two attached hydrogens (primary N) is 1. The molecule has 0 spiro atoms. The molecule has 0 fully saturated rings. The normalized spacial score (nSPS) is 13.7. The van der Waals surface area contributed by atoms with E-state index in [1.165, 1.54) is 212 Å². The van der Waals surface area contributed by atoms with Crippen molar-refractivity contribution < 1.29 is 37.6 Å². The molecule has 0 aliphatic carbocycles. The molecule has 0 amide bonds. The van der Waals surface area contributed by atoms with Crippen molar-refractivity contribution in [3.63, 3.8) is 0 Å². The number of rotatable bonds is 79. The first-order valence-electron chi connectivity index (χ1n) is 42.6. The highest BCUT2D eigenvalue weighted by molar-refractivity contribution is 7.47. The van der Waals surface area contributed by atoms with Gasteiger partial charge in [0.15, 0.2) is 6.10 Å². The lowest BCUT2D eigenvalue weighted by Crippen LogP contribution is -2.29. The standard InChI is InChI=1S/C93H158NO8P/c1-3-5-7-9-11-13-15-17-19-21-23-25-27-29-31-33-35-37-39-41-43-45-47-49-51-53-55-57-59-61-63-65-67-69-71-73-75-77-79-81-83-85-92(95)99-89-91(90-101-103(97,98)100-88-87-94)102-93(96)86-84-82-80-78-76-74-72-70-68-66-64-62-60-58-56-54-52-50-48-46-44-42-40-38-36-34-32-30-28-26-24-22-20-18-16-14-12-10-8-6-4-2/h5-8,11-14,17-20,23-26,29-32,36,38,42,44,48,50,54,56,91H,3-4,9-10,15-16,21-22,27-28,33-35,37,39-41,43,45-47,49,51-53,55,57-90,94H2,1-2H3,(H,97,98)/b7-5-,8-6-,13-11-,14-12-,19-17-,20-18-,25-23-,26-24-,31-29-,32-30-,38-36-,44-42-,50-48-,56-54-. The van der Waals surface area contributed by atoms with Crippen molar-refractivity contribution in [1.29, 1.82) is 0 Å². The number of carbonyl (C=O) groups is 2. The van der Waals surface area contributed by atoms with E-state index in [4.69, 9.17) is 24.3 Å². The fraction of sp³-hybridized carbons (Fsp3) is 0.677. The van der Waals surface area contributed by atoms with E-state index in [0.29, 0.717) is 6.42 Å². The Hall–Kier alpha value is -4.63. The molecule has 10 heteroatoms. The smallest absolute Gasteiger partial charge is 0.462 e. The molecule has 0 aromatic carbocycles. The predicted octanol–water partition coefficient (Wildman–Crippen LogP) is 29.2. The summed E-state index contributed by atoms with van der Waals surface area (Å²) >= 11 is 0. The van der Waals surface area contributed by atoms with Gasteiger partial charge in [-0.1, -0.05) is 402 Å². The number of phosphoric ester groups is 1. The lowest BCUT2D eigenvalue weighted by Gasteiger charge is -2.19. The summed E-state index contributed by atoms with van der Waals surface area (Å²) in [5, 5.41) is 0. The van der Waals surface area contributed by atoms with Crippen LogP contribution in [0.5, 0.6) is 0 Å². The van der Waals surface area contributed by atoms with Crippen molar-refractivity contribution in [2.45, 2.75) is 380 Å². The molecule has 588 valence electrons. The first-order valence-corrected chi connectivity index (χ1v) is 44.1. The van der Waals surface area contributed by atoms with E-state index < -0.39 is 26.5 Å². The third kappa shape index (κ3) is 86.2. The average molecular weight is 1450 g/mol. The largest absolute Gasteiger partial charge is 0.472 e. The molecule has 0 aromatic rings. The maximum atomic E-state index is 12.8. The predicted molar refractivity (Wildman–Crippen MR) is 449 cm³/mol. The number of esters is 2. The number of allylic oxidation sites excluding steroid dienone is 28. The Morgan fingerprint density at radius 2 is 0.505 bits per heavy atom. The molecular weight excluding hydrogens is 1290 g/mol. The van der Waals surface area contributed by atoms with Crippen molar-refractivity contribution in [2.24, 2.45) is 5.73 Å². The van der Waals surface area contributed by atoms with Crippen molar-refractivity contribution in [3.05, 3.63) is 170 Å². The highest BCUT2D eigenvalue weighted by Crippen LogP contribution is 2.43. The summed E-state index contributed by atoms with van der Waals surface area (Å²) in [5.74, 6) is -0.820. The van der Waals surface area contributed by atoms with E-state index in [0.717, 1.165) is 128 Å². The van der Waals surface area contributed by atoms with Gasteiger partial charge < -0.3 is 20.1 Å². The minimum absolute atomic E-state index is 0.0492. The summed E-state index contributed by atoms with van der Waals surface area (Å²) in [5.41, 5.74) is 5.42. The number of ether oxygens (including phenoxy) is 2. The minimum atomic E-state index is -4.41. The third-order valence-electron chi connectivity index (χ3n) is 18.1. The third-order valence-corrected chi connectivity index (χ3v) is 19.1. The Kier molecular flexibility index (Phi) is 82.4. The molecule has 2 unspecified atom stereocenters. The van der Waals surface area contributed by atoms with Crippen LogP contribution in [0.15, 0.2) is 170 Å². The SMILES string of the molecule is CC/C=C\C/C=C\C/C=C\C/C=C\C/C=C\C/C=C\C/C=C\C/C=C\C/C=C\CCCCCCCCCCCCCCCC(=O)OC(COC(=O)CCCCCCCCCCCCCCCCCCCCCCCCCCC/C=C\C/C=C\C/C=C\C/C=C\C/C=C\CC)COP(=O)(O)OCCN. The van der Waals surface area contributed by atoms with Crippen molar-refractivity contribution in [1.82, 2.24) is 0 Å². The van der Waals surface area contributed by atoms with Gasteiger partial charge in [-0.25, -0.2) is 4.57 Å². The van der Waals surface area contributed by atoms with Crippen molar-refractivity contribution in [2.75, 3.05) is 26.4 Å². The maximum absolute atomic E-state index is 12.8. The zero-order valence-electron chi connectivity index (χ0n) is 66.5. The Bertz CT molecular complexity index is 2310. The van der Waals surface area contributed by atoms with Gasteiger partial charge in [0.25, 0.3) is 0 Å². The van der Waals surface area contributed by atoms with Crippen LogP contribution in [0.3, 0.4) is 0 Å². The lowest BCUT2D eigenvalue weighted by atomic mass is 10.0. The number of unbranched alkanes of at least 4 members (excludes halogenated alkanes) is 38. The molecule has 0 aromatic heterocycles. The van der Waals surface area contributed by atoms with Gasteiger partial charge in [0.1, 0.15) is 6.61 Å². The molecule has 0 rings (SSSR count). The van der Waals surface area contributed by atoms with Crippen LogP contribution < -0.4 is 5.73 Å². The summed E-state index contributed by atoms with van der Waals surface area (Å²) in [6.07, 6.45) is 128. The topological polar surface area (TPSA) is 134 Å². The van der Waals surface area contributed by atoms with Crippen LogP contribution >= 0.6 is 7.82 Å². The van der Waals surface area contributed by atoms with Crippen LogP contribution in [0.1, 0.15) is 373 Å². The number of carbonyl (C=O) groups excluding carboxylic acids is 2. The van der Waals surface area contributed by atoms with Gasteiger partial charge in [0, 0.05) is 19.4 Å². The van der Waals surface area contributed by atoms with Crippen molar-refractivity contribution >= 4 is 19.8 Å². The van der Waals surface area contributed by atoms with Crippen LogP contribution in [-0.4, -0.2) is 49.3 Å². The number of hydrogen-bond donors (Lipinski definition) is 2. The second kappa shape index (κ2) is 86.3. The molecule has 0 saturated heterocycles.